The number of hydrogen-bond donors (Lipinski definition) is 1. The van der Waals surface area contributed by atoms with Crippen LogP contribution in [0.3, 0.4) is 0 Å². The van der Waals surface area contributed by atoms with Crippen molar-refractivity contribution in [2.45, 2.75) is 37.6 Å². The Labute approximate surface area is 134 Å². The number of likely N-dealkylation sites (N-methyl/N-ethyl adjacent to an activating group) is 1. The smallest absolute Gasteiger partial charge is 0.242 e. The van der Waals surface area contributed by atoms with Crippen molar-refractivity contribution in [3.8, 4) is 6.07 Å². The molecule has 0 saturated heterocycles. The van der Waals surface area contributed by atoms with E-state index in [1.807, 2.05) is 24.3 Å². The first-order chi connectivity index (χ1) is 10.1. The molecule has 2 rings (SSSR count). The molecule has 0 unspecified atom stereocenters. The topological polar surface area (TPSA) is 56.1 Å². The van der Waals surface area contributed by atoms with Crippen molar-refractivity contribution in [3.63, 3.8) is 0 Å². The molecule has 0 aliphatic heterocycles. The lowest BCUT2D eigenvalue weighted by molar-refractivity contribution is -0.132. The van der Waals surface area contributed by atoms with Gasteiger partial charge in [0.25, 0.3) is 0 Å². The molecule has 5 heteroatoms. The zero-order valence-corrected chi connectivity index (χ0v) is 13.8. The lowest BCUT2D eigenvalue weighted by Crippen LogP contribution is -2.51. The molecule has 0 atom stereocenters. The second-order valence-corrected chi connectivity index (χ2v) is 6.43. The highest BCUT2D eigenvalue weighted by molar-refractivity contribution is 9.10. The Bertz CT molecular complexity index is 529. The van der Waals surface area contributed by atoms with Crippen molar-refractivity contribution in [3.05, 3.63) is 28.7 Å². The summed E-state index contributed by atoms with van der Waals surface area (Å²) < 4.78 is 1.00. The summed E-state index contributed by atoms with van der Waals surface area (Å²) >= 11 is 3.38. The molecule has 4 nitrogen and oxygen atoms in total. The third-order valence-corrected chi connectivity index (χ3v) is 4.72. The predicted octanol–water partition coefficient (Wildman–Crippen LogP) is 3.55. The lowest BCUT2D eigenvalue weighted by Gasteiger charge is -2.39. The maximum absolute atomic E-state index is 12.3. The highest BCUT2D eigenvalue weighted by atomic mass is 79.9. The Hall–Kier alpha value is -1.54. The van der Waals surface area contributed by atoms with Gasteiger partial charge < -0.3 is 10.2 Å². The zero-order valence-electron chi connectivity index (χ0n) is 12.2. The third kappa shape index (κ3) is 3.76. The Kier molecular flexibility index (Phi) is 5.24. The van der Waals surface area contributed by atoms with Crippen LogP contribution in [0.4, 0.5) is 5.69 Å². The Balaban J connectivity index is 1.95. The van der Waals surface area contributed by atoms with Gasteiger partial charge in [0.05, 0.1) is 12.6 Å². The average molecular weight is 350 g/mol. The number of amides is 1. The maximum atomic E-state index is 12.3. The van der Waals surface area contributed by atoms with Gasteiger partial charge in [0.15, 0.2) is 0 Å². The van der Waals surface area contributed by atoms with Gasteiger partial charge in [0, 0.05) is 17.2 Å². The maximum Gasteiger partial charge on any atom is 0.242 e. The quantitative estimate of drug-likeness (QED) is 0.904. The first-order valence-electron chi connectivity index (χ1n) is 7.25. The van der Waals surface area contributed by atoms with Gasteiger partial charge in [0.2, 0.25) is 5.91 Å². The van der Waals surface area contributed by atoms with Crippen LogP contribution in [0.1, 0.15) is 32.1 Å². The van der Waals surface area contributed by atoms with Gasteiger partial charge >= 0.3 is 0 Å². The number of hydrogen-bond acceptors (Lipinski definition) is 3. The van der Waals surface area contributed by atoms with Crippen LogP contribution < -0.4 is 5.32 Å². The van der Waals surface area contributed by atoms with Crippen LogP contribution in [0.25, 0.3) is 0 Å². The Morgan fingerprint density at radius 3 is 2.52 bits per heavy atom. The van der Waals surface area contributed by atoms with E-state index in [0.717, 1.165) is 42.3 Å². The summed E-state index contributed by atoms with van der Waals surface area (Å²) in [5.41, 5.74) is 0.283. The molecular formula is C16H20BrN3O. The first kappa shape index (κ1) is 15.8. The molecule has 1 saturated carbocycles. The van der Waals surface area contributed by atoms with E-state index < -0.39 is 5.54 Å². The number of nitrogens with zero attached hydrogens (tertiary/aromatic N) is 2. The molecule has 1 aliphatic rings. The van der Waals surface area contributed by atoms with Crippen LogP contribution in [0.15, 0.2) is 28.7 Å². The number of rotatable bonds is 4. The van der Waals surface area contributed by atoms with Gasteiger partial charge in [0.1, 0.15) is 5.54 Å². The molecule has 1 aliphatic carbocycles. The number of carbonyl (C=O) groups is 1. The Morgan fingerprint density at radius 1 is 1.33 bits per heavy atom. The molecule has 112 valence electrons. The Morgan fingerprint density at radius 2 is 1.95 bits per heavy atom. The van der Waals surface area contributed by atoms with Crippen molar-refractivity contribution in [1.82, 2.24) is 4.90 Å². The SMILES string of the molecule is CN(C(=O)CNc1ccc(Br)cc1)C1(C#N)CCCCC1. The highest BCUT2D eigenvalue weighted by Gasteiger charge is 2.38. The standard InChI is InChI=1S/C16H20BrN3O/c1-20(16(12-18)9-3-2-4-10-16)15(21)11-19-14-7-5-13(17)6-8-14/h5-8,19H,2-4,9-11H2,1H3. The van der Waals surface area contributed by atoms with Crippen molar-refractivity contribution < 1.29 is 4.79 Å². The van der Waals surface area contributed by atoms with Gasteiger partial charge in [-0.2, -0.15) is 5.26 Å². The van der Waals surface area contributed by atoms with Gasteiger partial charge in [-0.05, 0) is 37.1 Å². The van der Waals surface area contributed by atoms with E-state index in [-0.39, 0.29) is 12.5 Å². The summed E-state index contributed by atoms with van der Waals surface area (Å²) in [7, 11) is 1.75. The molecule has 1 amide bonds. The van der Waals surface area contributed by atoms with Gasteiger partial charge in [-0.25, -0.2) is 0 Å². The van der Waals surface area contributed by atoms with E-state index in [1.54, 1.807) is 11.9 Å². The van der Waals surface area contributed by atoms with Gasteiger partial charge in [-0.15, -0.1) is 0 Å². The summed E-state index contributed by atoms with van der Waals surface area (Å²) in [6.07, 6.45) is 4.76. The molecule has 1 aromatic carbocycles. The van der Waals surface area contributed by atoms with Crippen LogP contribution in [0, 0.1) is 11.3 Å². The summed E-state index contributed by atoms with van der Waals surface area (Å²) in [6, 6.07) is 10.1. The molecular weight excluding hydrogens is 330 g/mol. The molecule has 21 heavy (non-hydrogen) atoms. The van der Waals surface area contributed by atoms with Crippen molar-refractivity contribution in [2.75, 3.05) is 18.9 Å². The first-order valence-corrected chi connectivity index (χ1v) is 8.04. The molecule has 1 fully saturated rings. The fraction of sp³-hybridized carbons (Fsp3) is 0.500. The summed E-state index contributed by atoms with van der Waals surface area (Å²) in [5.74, 6) is -0.0404. The van der Waals surface area contributed by atoms with Crippen molar-refractivity contribution in [2.24, 2.45) is 0 Å². The van der Waals surface area contributed by atoms with E-state index in [4.69, 9.17) is 0 Å². The number of anilines is 1. The second-order valence-electron chi connectivity index (χ2n) is 5.52. The highest BCUT2D eigenvalue weighted by Crippen LogP contribution is 2.32. The normalized spacial score (nSPS) is 16.8. The molecule has 1 N–H and O–H groups in total. The molecule has 0 aromatic heterocycles. The monoisotopic (exact) mass is 349 g/mol. The van der Waals surface area contributed by atoms with E-state index in [0.29, 0.717) is 0 Å². The molecule has 0 bridgehead atoms. The average Bonchev–Trinajstić information content (AvgIpc) is 2.54. The minimum atomic E-state index is -0.614. The molecule has 0 spiro atoms. The number of halogens is 1. The van der Waals surface area contributed by atoms with Crippen LogP contribution in [-0.4, -0.2) is 29.9 Å². The van der Waals surface area contributed by atoms with Gasteiger partial charge in [-0.1, -0.05) is 35.2 Å². The van der Waals surface area contributed by atoms with Gasteiger partial charge in [-0.3, -0.25) is 4.79 Å². The van der Waals surface area contributed by atoms with Crippen molar-refractivity contribution >= 4 is 27.5 Å². The third-order valence-electron chi connectivity index (χ3n) is 4.19. The van der Waals surface area contributed by atoms with Crippen LogP contribution in [-0.2, 0) is 4.79 Å². The lowest BCUT2D eigenvalue weighted by atomic mass is 9.81. The predicted molar refractivity (Wildman–Crippen MR) is 86.8 cm³/mol. The minimum absolute atomic E-state index is 0.0404. The number of carbonyl (C=O) groups excluding carboxylic acids is 1. The molecule has 0 radical (unpaired) electrons. The minimum Gasteiger partial charge on any atom is -0.376 e. The van der Waals surface area contributed by atoms with Crippen molar-refractivity contribution in [1.29, 1.82) is 5.26 Å². The van der Waals surface area contributed by atoms with E-state index in [9.17, 15) is 10.1 Å². The number of nitriles is 1. The largest absolute Gasteiger partial charge is 0.376 e. The zero-order chi connectivity index (χ0) is 15.3. The van der Waals surface area contributed by atoms with E-state index >= 15 is 0 Å². The van der Waals surface area contributed by atoms with E-state index in [1.165, 1.54) is 0 Å². The molecule has 1 aromatic rings. The number of benzene rings is 1. The second kappa shape index (κ2) is 6.95. The fourth-order valence-electron chi connectivity index (χ4n) is 2.76. The molecule has 0 heterocycles. The van der Waals surface area contributed by atoms with Crippen LogP contribution in [0.5, 0.6) is 0 Å². The summed E-state index contributed by atoms with van der Waals surface area (Å²) in [4.78, 5) is 14.0. The summed E-state index contributed by atoms with van der Waals surface area (Å²) in [5, 5.41) is 12.6. The van der Waals surface area contributed by atoms with Crippen LogP contribution >= 0.6 is 15.9 Å². The number of nitrogens with one attached hydrogen (secondary N) is 1. The van der Waals surface area contributed by atoms with Crippen LogP contribution in [0.2, 0.25) is 0 Å². The fourth-order valence-corrected chi connectivity index (χ4v) is 3.03. The summed E-state index contributed by atoms with van der Waals surface area (Å²) in [6.45, 7) is 0.210. The van der Waals surface area contributed by atoms with E-state index in [2.05, 4.69) is 27.3 Å².